The summed E-state index contributed by atoms with van der Waals surface area (Å²) >= 11 is 3.45. The van der Waals surface area contributed by atoms with Crippen molar-refractivity contribution in [2.24, 2.45) is 0 Å². The third-order valence-corrected chi connectivity index (χ3v) is 3.94. The molecule has 19 heavy (non-hydrogen) atoms. The van der Waals surface area contributed by atoms with E-state index in [2.05, 4.69) is 15.9 Å². The van der Waals surface area contributed by atoms with Gasteiger partial charge in [-0.05, 0) is 12.8 Å². The van der Waals surface area contributed by atoms with Gasteiger partial charge in [0, 0.05) is 17.3 Å². The maximum atomic E-state index is 11.8. The van der Waals surface area contributed by atoms with Gasteiger partial charge < -0.3 is 0 Å². The predicted molar refractivity (Wildman–Crippen MR) is 86.1 cm³/mol. The van der Waals surface area contributed by atoms with Crippen LogP contribution in [0.4, 0.5) is 0 Å². The summed E-state index contributed by atoms with van der Waals surface area (Å²) in [5.74, 6) is 0.290. The average molecular weight is 325 g/mol. The number of ketones is 1. The summed E-state index contributed by atoms with van der Waals surface area (Å²) in [4.78, 5) is 11.8. The summed E-state index contributed by atoms with van der Waals surface area (Å²) in [6.45, 7) is 0. The third kappa shape index (κ3) is 8.20. The minimum atomic E-state index is 0.290. The van der Waals surface area contributed by atoms with Crippen molar-refractivity contribution in [3.63, 3.8) is 0 Å². The third-order valence-electron chi connectivity index (χ3n) is 3.38. The molecule has 0 atom stereocenters. The zero-order valence-electron chi connectivity index (χ0n) is 11.7. The Labute approximate surface area is 125 Å². The number of hydrogen-bond donors (Lipinski definition) is 0. The van der Waals surface area contributed by atoms with E-state index in [1.807, 2.05) is 30.3 Å². The van der Waals surface area contributed by atoms with E-state index in [1.165, 1.54) is 44.9 Å². The topological polar surface area (TPSA) is 17.1 Å². The lowest BCUT2D eigenvalue weighted by Crippen LogP contribution is -1.98. The Bertz CT molecular complexity index is 334. The van der Waals surface area contributed by atoms with Crippen LogP contribution in [0.25, 0.3) is 0 Å². The Morgan fingerprint density at radius 3 is 1.89 bits per heavy atom. The molecule has 0 aliphatic heterocycles. The van der Waals surface area contributed by atoms with Crippen LogP contribution in [-0.2, 0) is 0 Å². The Balaban J connectivity index is 1.95. The zero-order valence-corrected chi connectivity index (χ0v) is 13.3. The van der Waals surface area contributed by atoms with Crippen LogP contribution in [0.2, 0.25) is 0 Å². The summed E-state index contributed by atoms with van der Waals surface area (Å²) < 4.78 is 0. The van der Waals surface area contributed by atoms with Crippen molar-refractivity contribution in [1.29, 1.82) is 0 Å². The molecule has 0 aromatic heterocycles. The van der Waals surface area contributed by atoms with Gasteiger partial charge in [-0.25, -0.2) is 0 Å². The summed E-state index contributed by atoms with van der Waals surface area (Å²) in [6.07, 6.45) is 10.9. The van der Waals surface area contributed by atoms with Gasteiger partial charge in [-0.1, -0.05) is 84.8 Å². The number of hydrogen-bond acceptors (Lipinski definition) is 1. The van der Waals surface area contributed by atoms with Crippen molar-refractivity contribution in [2.45, 2.75) is 57.8 Å². The molecule has 0 N–H and O–H groups in total. The summed E-state index contributed by atoms with van der Waals surface area (Å²) in [6, 6.07) is 9.63. The first-order valence-electron chi connectivity index (χ1n) is 7.49. The van der Waals surface area contributed by atoms with Gasteiger partial charge in [-0.3, -0.25) is 4.79 Å². The molecule has 0 amide bonds. The van der Waals surface area contributed by atoms with Gasteiger partial charge in [0.25, 0.3) is 0 Å². The van der Waals surface area contributed by atoms with Gasteiger partial charge in [0.15, 0.2) is 5.78 Å². The molecule has 0 fully saturated rings. The van der Waals surface area contributed by atoms with Gasteiger partial charge in [0.05, 0.1) is 0 Å². The van der Waals surface area contributed by atoms with Crippen LogP contribution in [0, 0.1) is 0 Å². The molecule has 0 heterocycles. The second kappa shape index (κ2) is 11.2. The van der Waals surface area contributed by atoms with Crippen molar-refractivity contribution < 1.29 is 4.79 Å². The number of Topliss-reactive ketones (excluding diaryl/α,β-unsaturated/α-hetero) is 1. The van der Waals surface area contributed by atoms with Crippen LogP contribution < -0.4 is 0 Å². The van der Waals surface area contributed by atoms with Crippen LogP contribution in [0.5, 0.6) is 0 Å². The molecule has 0 unspecified atom stereocenters. The van der Waals surface area contributed by atoms with E-state index >= 15 is 0 Å². The standard InChI is InChI=1S/C17H25BrO/c18-15-11-6-4-2-1-3-5-10-14-17(19)16-12-8-7-9-13-16/h7-9,12-13H,1-6,10-11,14-15H2. The molecule has 0 bridgehead atoms. The van der Waals surface area contributed by atoms with Crippen LogP contribution >= 0.6 is 15.9 Å². The molecule has 0 saturated heterocycles. The first-order valence-corrected chi connectivity index (χ1v) is 8.61. The van der Waals surface area contributed by atoms with E-state index in [0.29, 0.717) is 6.42 Å². The van der Waals surface area contributed by atoms with Crippen LogP contribution in [0.3, 0.4) is 0 Å². The number of benzene rings is 1. The largest absolute Gasteiger partial charge is 0.294 e. The number of alkyl halides is 1. The summed E-state index contributed by atoms with van der Waals surface area (Å²) in [7, 11) is 0. The van der Waals surface area contributed by atoms with E-state index in [9.17, 15) is 4.79 Å². The Morgan fingerprint density at radius 2 is 1.32 bits per heavy atom. The van der Waals surface area contributed by atoms with Crippen molar-refractivity contribution >= 4 is 21.7 Å². The van der Waals surface area contributed by atoms with Gasteiger partial charge in [0.1, 0.15) is 0 Å². The van der Waals surface area contributed by atoms with Crippen LogP contribution in [0.1, 0.15) is 68.1 Å². The molecule has 0 aliphatic rings. The molecule has 0 saturated carbocycles. The minimum Gasteiger partial charge on any atom is -0.294 e. The second-order valence-electron chi connectivity index (χ2n) is 5.06. The first kappa shape index (κ1) is 16.4. The van der Waals surface area contributed by atoms with E-state index in [-0.39, 0.29) is 5.78 Å². The predicted octanol–water partition coefficient (Wildman–Crippen LogP) is 5.78. The quantitative estimate of drug-likeness (QED) is 0.286. The number of unbranched alkanes of at least 4 members (excludes halogenated alkanes) is 7. The molecule has 1 aromatic carbocycles. The number of halogens is 1. The fourth-order valence-corrected chi connectivity index (χ4v) is 2.61. The maximum absolute atomic E-state index is 11.8. The van der Waals surface area contributed by atoms with E-state index in [1.54, 1.807) is 0 Å². The Hall–Kier alpha value is -0.630. The molecule has 1 rings (SSSR count). The Morgan fingerprint density at radius 1 is 0.789 bits per heavy atom. The molecular weight excluding hydrogens is 300 g/mol. The van der Waals surface area contributed by atoms with Crippen molar-refractivity contribution in [2.75, 3.05) is 5.33 Å². The zero-order chi connectivity index (χ0) is 13.8. The first-order chi connectivity index (χ1) is 9.34. The van der Waals surface area contributed by atoms with E-state index in [4.69, 9.17) is 0 Å². The molecule has 0 radical (unpaired) electrons. The number of rotatable bonds is 11. The van der Waals surface area contributed by atoms with Gasteiger partial charge in [-0.15, -0.1) is 0 Å². The highest BCUT2D eigenvalue weighted by atomic mass is 79.9. The highest BCUT2D eigenvalue weighted by Gasteiger charge is 2.03. The highest BCUT2D eigenvalue weighted by Crippen LogP contribution is 2.12. The Kier molecular flexibility index (Phi) is 9.70. The number of carbonyl (C=O) groups excluding carboxylic acids is 1. The fourth-order valence-electron chi connectivity index (χ4n) is 2.21. The minimum absolute atomic E-state index is 0.290. The molecular formula is C17H25BrO. The smallest absolute Gasteiger partial charge is 0.162 e. The average Bonchev–Trinajstić information content (AvgIpc) is 2.46. The van der Waals surface area contributed by atoms with Gasteiger partial charge in [-0.2, -0.15) is 0 Å². The molecule has 106 valence electrons. The molecule has 0 spiro atoms. The lowest BCUT2D eigenvalue weighted by Gasteiger charge is -2.02. The highest BCUT2D eigenvalue weighted by molar-refractivity contribution is 9.09. The van der Waals surface area contributed by atoms with Crippen molar-refractivity contribution in [3.8, 4) is 0 Å². The lowest BCUT2D eigenvalue weighted by atomic mass is 10.0. The molecule has 2 heteroatoms. The monoisotopic (exact) mass is 324 g/mol. The number of carbonyl (C=O) groups is 1. The summed E-state index contributed by atoms with van der Waals surface area (Å²) in [5, 5.41) is 1.13. The van der Waals surface area contributed by atoms with Crippen molar-refractivity contribution in [1.82, 2.24) is 0 Å². The SMILES string of the molecule is O=C(CCCCCCCCCCBr)c1ccccc1. The van der Waals surface area contributed by atoms with Crippen LogP contribution in [0.15, 0.2) is 30.3 Å². The van der Waals surface area contributed by atoms with E-state index < -0.39 is 0 Å². The van der Waals surface area contributed by atoms with Gasteiger partial charge >= 0.3 is 0 Å². The second-order valence-corrected chi connectivity index (χ2v) is 5.85. The molecule has 0 aliphatic carbocycles. The lowest BCUT2D eigenvalue weighted by molar-refractivity contribution is 0.0979. The molecule has 1 nitrogen and oxygen atoms in total. The van der Waals surface area contributed by atoms with Gasteiger partial charge in [0.2, 0.25) is 0 Å². The van der Waals surface area contributed by atoms with Crippen molar-refractivity contribution in [3.05, 3.63) is 35.9 Å². The normalized spacial score (nSPS) is 10.6. The maximum Gasteiger partial charge on any atom is 0.162 e. The fraction of sp³-hybridized carbons (Fsp3) is 0.588. The molecule has 1 aromatic rings. The van der Waals surface area contributed by atoms with E-state index in [0.717, 1.165) is 17.3 Å². The summed E-state index contributed by atoms with van der Waals surface area (Å²) in [5.41, 5.74) is 0.859. The van der Waals surface area contributed by atoms with Crippen LogP contribution in [-0.4, -0.2) is 11.1 Å².